The molecule has 0 bridgehead atoms. The molecule has 0 spiro atoms. The number of carbonyl (C=O) groups excluding carboxylic acids is 2. The lowest BCUT2D eigenvalue weighted by atomic mass is 10.2. The summed E-state index contributed by atoms with van der Waals surface area (Å²) in [7, 11) is 2.95. The first kappa shape index (κ1) is 18.9. The van der Waals surface area contributed by atoms with Gasteiger partial charge in [0.1, 0.15) is 0 Å². The molecule has 0 aliphatic rings. The molecule has 2 rings (SSSR count). The second-order valence-corrected chi connectivity index (χ2v) is 5.64. The van der Waals surface area contributed by atoms with E-state index in [2.05, 4.69) is 5.32 Å². The normalized spacial score (nSPS) is 10.1. The first-order valence-corrected chi connectivity index (χ1v) is 7.84. The number of amides is 1. The lowest BCUT2D eigenvalue weighted by molar-refractivity contribution is -0.119. The maximum atomic E-state index is 12.0. The van der Waals surface area contributed by atoms with Gasteiger partial charge in [0.15, 0.2) is 18.1 Å². The Morgan fingerprint density at radius 2 is 1.68 bits per heavy atom. The highest BCUT2D eigenvalue weighted by atomic mass is 35.5. The third kappa shape index (κ3) is 5.01. The number of hydrogen-bond acceptors (Lipinski definition) is 5. The fourth-order valence-electron chi connectivity index (χ4n) is 1.95. The summed E-state index contributed by atoms with van der Waals surface area (Å²) >= 11 is 11.7. The molecule has 0 atom stereocenters. The SMILES string of the molecule is COc1ccc(C(=O)OCC(=O)Nc2ccc(Cl)c(Cl)c2)cc1OC. The average Bonchev–Trinajstić information content (AvgIpc) is 2.62. The summed E-state index contributed by atoms with van der Waals surface area (Å²) in [5, 5.41) is 3.24. The minimum absolute atomic E-state index is 0.236. The summed E-state index contributed by atoms with van der Waals surface area (Å²) in [5.41, 5.74) is 0.682. The van der Waals surface area contributed by atoms with Gasteiger partial charge in [-0.1, -0.05) is 23.2 Å². The van der Waals surface area contributed by atoms with Crippen LogP contribution >= 0.6 is 23.2 Å². The average molecular weight is 384 g/mol. The Balaban J connectivity index is 1.94. The molecule has 0 aliphatic carbocycles. The predicted octanol–water partition coefficient (Wildman–Crippen LogP) is 3.81. The van der Waals surface area contributed by atoms with Gasteiger partial charge in [0, 0.05) is 5.69 Å². The standard InChI is InChI=1S/C17H15Cl2NO5/c1-23-14-6-3-10(7-15(14)24-2)17(22)25-9-16(21)20-11-4-5-12(18)13(19)8-11/h3-8H,9H2,1-2H3,(H,20,21). The van der Waals surface area contributed by atoms with Crippen molar-refractivity contribution < 1.29 is 23.8 Å². The van der Waals surface area contributed by atoms with Gasteiger partial charge in [-0.15, -0.1) is 0 Å². The van der Waals surface area contributed by atoms with Gasteiger partial charge in [0.25, 0.3) is 5.91 Å². The van der Waals surface area contributed by atoms with Crippen molar-refractivity contribution in [1.82, 2.24) is 0 Å². The zero-order valence-corrected chi connectivity index (χ0v) is 15.0. The Morgan fingerprint density at radius 1 is 0.960 bits per heavy atom. The van der Waals surface area contributed by atoms with Gasteiger partial charge in [-0.05, 0) is 36.4 Å². The van der Waals surface area contributed by atoms with Crippen molar-refractivity contribution in [1.29, 1.82) is 0 Å². The second-order valence-electron chi connectivity index (χ2n) is 4.82. The van der Waals surface area contributed by atoms with Gasteiger partial charge >= 0.3 is 5.97 Å². The number of anilines is 1. The van der Waals surface area contributed by atoms with Gasteiger partial charge in [0.2, 0.25) is 0 Å². The molecular formula is C17H15Cl2NO5. The van der Waals surface area contributed by atoms with E-state index in [1.54, 1.807) is 18.2 Å². The molecular weight excluding hydrogens is 369 g/mol. The van der Waals surface area contributed by atoms with Crippen LogP contribution in [0.3, 0.4) is 0 Å². The second kappa shape index (κ2) is 8.60. The minimum Gasteiger partial charge on any atom is -0.493 e. The van der Waals surface area contributed by atoms with E-state index in [1.807, 2.05) is 0 Å². The summed E-state index contributed by atoms with van der Waals surface area (Å²) in [6, 6.07) is 9.19. The highest BCUT2D eigenvalue weighted by Crippen LogP contribution is 2.28. The third-order valence-electron chi connectivity index (χ3n) is 3.16. The molecule has 2 aromatic carbocycles. The number of rotatable bonds is 6. The summed E-state index contributed by atoms with van der Waals surface area (Å²) in [6.45, 7) is -0.451. The van der Waals surface area contributed by atoms with Crippen molar-refractivity contribution in [2.24, 2.45) is 0 Å². The quantitative estimate of drug-likeness (QED) is 0.767. The van der Waals surface area contributed by atoms with Gasteiger partial charge < -0.3 is 19.5 Å². The van der Waals surface area contributed by atoms with Crippen LogP contribution in [0.1, 0.15) is 10.4 Å². The van der Waals surface area contributed by atoms with Crippen LogP contribution < -0.4 is 14.8 Å². The smallest absolute Gasteiger partial charge is 0.338 e. The van der Waals surface area contributed by atoms with E-state index < -0.39 is 18.5 Å². The number of hydrogen-bond donors (Lipinski definition) is 1. The van der Waals surface area contributed by atoms with Crippen molar-refractivity contribution >= 4 is 40.8 Å². The molecule has 0 aliphatic heterocycles. The highest BCUT2D eigenvalue weighted by Gasteiger charge is 2.14. The van der Waals surface area contributed by atoms with Crippen molar-refractivity contribution in [2.75, 3.05) is 26.1 Å². The zero-order chi connectivity index (χ0) is 18.4. The molecule has 0 radical (unpaired) electrons. The van der Waals surface area contributed by atoms with Crippen molar-refractivity contribution in [2.45, 2.75) is 0 Å². The van der Waals surface area contributed by atoms with E-state index in [-0.39, 0.29) is 5.56 Å². The van der Waals surface area contributed by atoms with E-state index in [1.165, 1.54) is 32.4 Å². The van der Waals surface area contributed by atoms with Crippen molar-refractivity contribution in [3.63, 3.8) is 0 Å². The van der Waals surface area contributed by atoms with E-state index >= 15 is 0 Å². The molecule has 0 unspecified atom stereocenters. The number of halogens is 2. The van der Waals surface area contributed by atoms with Crippen LogP contribution in [0.2, 0.25) is 10.0 Å². The first-order valence-electron chi connectivity index (χ1n) is 7.08. The van der Waals surface area contributed by atoms with Crippen LogP contribution in [0.4, 0.5) is 5.69 Å². The Kier molecular flexibility index (Phi) is 6.50. The number of esters is 1. The molecule has 0 fully saturated rings. The zero-order valence-electron chi connectivity index (χ0n) is 13.5. The van der Waals surface area contributed by atoms with Crippen LogP contribution in [0.25, 0.3) is 0 Å². The van der Waals surface area contributed by atoms with E-state index in [0.29, 0.717) is 27.2 Å². The summed E-state index contributed by atoms with van der Waals surface area (Å²) in [4.78, 5) is 23.9. The predicted molar refractivity (Wildman–Crippen MR) is 94.9 cm³/mol. The maximum absolute atomic E-state index is 12.0. The Hall–Kier alpha value is -2.44. The van der Waals surface area contributed by atoms with Gasteiger partial charge in [-0.2, -0.15) is 0 Å². The third-order valence-corrected chi connectivity index (χ3v) is 3.90. The Labute approximate surface area is 154 Å². The van der Waals surface area contributed by atoms with Gasteiger partial charge in [0.05, 0.1) is 29.8 Å². The molecule has 2 aromatic rings. The summed E-state index contributed by atoms with van der Waals surface area (Å²) in [5.74, 6) is -0.300. The van der Waals surface area contributed by atoms with Crippen LogP contribution in [-0.4, -0.2) is 32.7 Å². The molecule has 0 aromatic heterocycles. The molecule has 0 saturated heterocycles. The van der Waals surface area contributed by atoms with Crippen LogP contribution in [0.15, 0.2) is 36.4 Å². The van der Waals surface area contributed by atoms with Crippen LogP contribution in [0, 0.1) is 0 Å². The molecule has 25 heavy (non-hydrogen) atoms. The van der Waals surface area contributed by atoms with Crippen molar-refractivity contribution in [3.05, 3.63) is 52.0 Å². The van der Waals surface area contributed by atoms with Crippen LogP contribution in [0.5, 0.6) is 11.5 Å². The number of nitrogens with one attached hydrogen (secondary N) is 1. The summed E-state index contributed by atoms with van der Waals surface area (Å²) in [6.07, 6.45) is 0. The maximum Gasteiger partial charge on any atom is 0.338 e. The number of benzene rings is 2. The molecule has 6 nitrogen and oxygen atoms in total. The fraction of sp³-hybridized carbons (Fsp3) is 0.176. The molecule has 132 valence electrons. The highest BCUT2D eigenvalue weighted by molar-refractivity contribution is 6.42. The van der Waals surface area contributed by atoms with Crippen LogP contribution in [-0.2, 0) is 9.53 Å². The lowest BCUT2D eigenvalue weighted by Gasteiger charge is -2.10. The number of carbonyl (C=O) groups is 2. The summed E-state index contributed by atoms with van der Waals surface area (Å²) < 4.78 is 15.2. The van der Waals surface area contributed by atoms with E-state index in [4.69, 9.17) is 37.4 Å². The monoisotopic (exact) mass is 383 g/mol. The largest absolute Gasteiger partial charge is 0.493 e. The van der Waals surface area contributed by atoms with Crippen molar-refractivity contribution in [3.8, 4) is 11.5 Å². The topological polar surface area (TPSA) is 73.9 Å². The Bertz CT molecular complexity index is 795. The Morgan fingerprint density at radius 3 is 2.32 bits per heavy atom. The van der Waals surface area contributed by atoms with Gasteiger partial charge in [-0.3, -0.25) is 4.79 Å². The molecule has 8 heteroatoms. The molecule has 0 heterocycles. The van der Waals surface area contributed by atoms with E-state index in [0.717, 1.165) is 0 Å². The van der Waals surface area contributed by atoms with Gasteiger partial charge in [-0.25, -0.2) is 4.79 Å². The molecule has 0 saturated carbocycles. The minimum atomic E-state index is -0.662. The number of ether oxygens (including phenoxy) is 3. The molecule has 1 N–H and O–H groups in total. The fourth-order valence-corrected chi connectivity index (χ4v) is 2.25. The lowest BCUT2D eigenvalue weighted by Crippen LogP contribution is -2.21. The van der Waals surface area contributed by atoms with E-state index in [9.17, 15) is 9.59 Å². The molecule has 1 amide bonds. The number of methoxy groups -OCH3 is 2. The first-order chi connectivity index (χ1) is 11.9.